The SMILES string of the molecule is CC1CCN(C(=O)c2ccn(C)n2)C1CO. The minimum atomic E-state index is -0.0796. The highest BCUT2D eigenvalue weighted by molar-refractivity contribution is 5.92. The molecule has 88 valence electrons. The van der Waals surface area contributed by atoms with Crippen LogP contribution in [0.15, 0.2) is 12.3 Å². The fourth-order valence-electron chi connectivity index (χ4n) is 2.22. The molecule has 16 heavy (non-hydrogen) atoms. The second-order valence-corrected chi connectivity index (χ2v) is 4.39. The van der Waals surface area contributed by atoms with Crippen molar-refractivity contribution in [3.63, 3.8) is 0 Å². The number of hydrogen-bond donors (Lipinski definition) is 1. The van der Waals surface area contributed by atoms with Gasteiger partial charge < -0.3 is 10.0 Å². The van der Waals surface area contributed by atoms with Gasteiger partial charge in [-0.15, -0.1) is 0 Å². The van der Waals surface area contributed by atoms with Crippen LogP contribution in [0.5, 0.6) is 0 Å². The standard InChI is InChI=1S/C11H17N3O2/c1-8-3-6-14(10(8)7-15)11(16)9-4-5-13(2)12-9/h4-5,8,10,15H,3,6-7H2,1-2H3. The van der Waals surface area contributed by atoms with Crippen molar-refractivity contribution in [1.82, 2.24) is 14.7 Å². The van der Waals surface area contributed by atoms with Crippen molar-refractivity contribution in [1.29, 1.82) is 0 Å². The topological polar surface area (TPSA) is 58.4 Å². The van der Waals surface area contributed by atoms with Gasteiger partial charge in [-0.1, -0.05) is 6.92 Å². The third-order valence-corrected chi connectivity index (χ3v) is 3.26. The Labute approximate surface area is 94.7 Å². The van der Waals surface area contributed by atoms with Crippen LogP contribution in [0.1, 0.15) is 23.8 Å². The second kappa shape index (κ2) is 4.25. The largest absolute Gasteiger partial charge is 0.394 e. The predicted molar refractivity (Wildman–Crippen MR) is 58.9 cm³/mol. The number of aryl methyl sites for hydroxylation is 1. The van der Waals surface area contributed by atoms with Gasteiger partial charge in [0.15, 0.2) is 0 Å². The first-order valence-electron chi connectivity index (χ1n) is 5.55. The van der Waals surface area contributed by atoms with E-state index in [1.54, 1.807) is 28.9 Å². The van der Waals surface area contributed by atoms with Gasteiger partial charge in [-0.25, -0.2) is 0 Å². The number of amides is 1. The molecule has 2 atom stereocenters. The fourth-order valence-corrected chi connectivity index (χ4v) is 2.22. The van der Waals surface area contributed by atoms with Crippen LogP contribution < -0.4 is 0 Å². The summed E-state index contributed by atoms with van der Waals surface area (Å²) in [5, 5.41) is 13.4. The minimum Gasteiger partial charge on any atom is -0.394 e. The Balaban J connectivity index is 2.16. The summed E-state index contributed by atoms with van der Waals surface area (Å²) in [6.07, 6.45) is 2.70. The molecule has 2 heterocycles. The number of aromatic nitrogens is 2. The molecule has 0 saturated carbocycles. The van der Waals surface area contributed by atoms with E-state index in [1.165, 1.54) is 0 Å². The quantitative estimate of drug-likeness (QED) is 0.782. The maximum Gasteiger partial charge on any atom is 0.274 e. The van der Waals surface area contributed by atoms with E-state index in [0.29, 0.717) is 18.2 Å². The average Bonchev–Trinajstić information content (AvgIpc) is 2.83. The van der Waals surface area contributed by atoms with Crippen molar-refractivity contribution in [2.24, 2.45) is 13.0 Å². The zero-order chi connectivity index (χ0) is 11.7. The molecule has 0 bridgehead atoms. The number of aliphatic hydroxyl groups is 1. The van der Waals surface area contributed by atoms with Crippen LogP contribution in [-0.4, -0.2) is 44.9 Å². The summed E-state index contributed by atoms with van der Waals surface area (Å²) in [5.41, 5.74) is 0.454. The summed E-state index contributed by atoms with van der Waals surface area (Å²) >= 11 is 0. The van der Waals surface area contributed by atoms with Crippen LogP contribution in [0.25, 0.3) is 0 Å². The number of hydrogen-bond acceptors (Lipinski definition) is 3. The first kappa shape index (κ1) is 11.1. The monoisotopic (exact) mass is 223 g/mol. The summed E-state index contributed by atoms with van der Waals surface area (Å²) < 4.78 is 1.61. The molecule has 5 heteroatoms. The summed E-state index contributed by atoms with van der Waals surface area (Å²) in [5.74, 6) is 0.279. The van der Waals surface area contributed by atoms with Crippen molar-refractivity contribution in [2.45, 2.75) is 19.4 Å². The first-order valence-corrected chi connectivity index (χ1v) is 5.55. The lowest BCUT2D eigenvalue weighted by Gasteiger charge is -2.24. The second-order valence-electron chi connectivity index (χ2n) is 4.39. The van der Waals surface area contributed by atoms with Crippen molar-refractivity contribution in [3.8, 4) is 0 Å². The summed E-state index contributed by atoms with van der Waals surface area (Å²) in [6, 6.07) is 1.65. The van der Waals surface area contributed by atoms with Crippen LogP contribution >= 0.6 is 0 Å². The highest BCUT2D eigenvalue weighted by Gasteiger charge is 2.34. The van der Waals surface area contributed by atoms with Gasteiger partial charge in [0.05, 0.1) is 12.6 Å². The van der Waals surface area contributed by atoms with Gasteiger partial charge in [-0.2, -0.15) is 5.10 Å². The molecule has 1 amide bonds. The van der Waals surface area contributed by atoms with Gasteiger partial charge in [0.1, 0.15) is 5.69 Å². The Bertz CT molecular complexity index is 388. The molecular weight excluding hydrogens is 206 g/mol. The Morgan fingerprint density at radius 3 is 3.00 bits per heavy atom. The van der Waals surface area contributed by atoms with E-state index in [9.17, 15) is 9.90 Å². The number of likely N-dealkylation sites (tertiary alicyclic amines) is 1. The van der Waals surface area contributed by atoms with Crippen molar-refractivity contribution >= 4 is 5.91 Å². The van der Waals surface area contributed by atoms with Crippen LogP contribution in [0, 0.1) is 5.92 Å². The molecule has 0 aliphatic carbocycles. The van der Waals surface area contributed by atoms with Crippen LogP contribution in [0.3, 0.4) is 0 Å². The van der Waals surface area contributed by atoms with Crippen molar-refractivity contribution in [2.75, 3.05) is 13.2 Å². The van der Waals surface area contributed by atoms with Gasteiger partial charge >= 0.3 is 0 Å². The van der Waals surface area contributed by atoms with Crippen LogP contribution in [-0.2, 0) is 7.05 Å². The molecule has 1 aliphatic heterocycles. The third kappa shape index (κ3) is 1.82. The number of nitrogens with zero attached hydrogens (tertiary/aromatic N) is 3. The molecule has 1 aromatic heterocycles. The first-order chi connectivity index (χ1) is 7.63. The van der Waals surface area contributed by atoms with Crippen molar-refractivity contribution in [3.05, 3.63) is 18.0 Å². The summed E-state index contributed by atoms with van der Waals surface area (Å²) in [7, 11) is 1.78. The molecule has 1 aromatic rings. The van der Waals surface area contributed by atoms with E-state index in [0.717, 1.165) is 6.42 Å². The van der Waals surface area contributed by atoms with E-state index in [-0.39, 0.29) is 18.6 Å². The fraction of sp³-hybridized carbons (Fsp3) is 0.636. The zero-order valence-corrected chi connectivity index (χ0v) is 9.63. The number of rotatable bonds is 2. The molecule has 1 saturated heterocycles. The molecule has 0 spiro atoms. The van der Waals surface area contributed by atoms with E-state index in [2.05, 4.69) is 12.0 Å². The van der Waals surface area contributed by atoms with Gasteiger partial charge in [0.2, 0.25) is 0 Å². The average molecular weight is 223 g/mol. The molecule has 2 unspecified atom stereocenters. The number of aliphatic hydroxyl groups excluding tert-OH is 1. The predicted octanol–water partition coefficient (Wildman–Crippen LogP) is 0.263. The van der Waals surface area contributed by atoms with E-state index < -0.39 is 0 Å². The molecule has 0 radical (unpaired) electrons. The van der Waals surface area contributed by atoms with Crippen molar-refractivity contribution < 1.29 is 9.90 Å². The Morgan fingerprint density at radius 1 is 1.69 bits per heavy atom. The van der Waals surface area contributed by atoms with Gasteiger partial charge in [0, 0.05) is 19.8 Å². The lowest BCUT2D eigenvalue weighted by atomic mass is 10.0. The zero-order valence-electron chi connectivity index (χ0n) is 9.63. The number of carbonyl (C=O) groups excluding carboxylic acids is 1. The molecule has 1 fully saturated rings. The Morgan fingerprint density at radius 2 is 2.44 bits per heavy atom. The lowest BCUT2D eigenvalue weighted by Crippen LogP contribution is -2.40. The highest BCUT2D eigenvalue weighted by Crippen LogP contribution is 2.24. The van der Waals surface area contributed by atoms with E-state index in [4.69, 9.17) is 0 Å². The molecular formula is C11H17N3O2. The molecule has 1 N–H and O–H groups in total. The Kier molecular flexibility index (Phi) is 2.96. The van der Waals surface area contributed by atoms with Gasteiger partial charge in [0.25, 0.3) is 5.91 Å². The van der Waals surface area contributed by atoms with E-state index in [1.807, 2.05) is 0 Å². The maximum atomic E-state index is 12.1. The van der Waals surface area contributed by atoms with Gasteiger partial charge in [-0.05, 0) is 18.4 Å². The van der Waals surface area contributed by atoms with Crippen LogP contribution in [0.4, 0.5) is 0 Å². The molecule has 0 aromatic carbocycles. The lowest BCUT2D eigenvalue weighted by molar-refractivity contribution is 0.0641. The smallest absolute Gasteiger partial charge is 0.274 e. The Hall–Kier alpha value is -1.36. The maximum absolute atomic E-state index is 12.1. The third-order valence-electron chi connectivity index (χ3n) is 3.26. The minimum absolute atomic E-state index is 0.0275. The molecule has 5 nitrogen and oxygen atoms in total. The number of carbonyl (C=O) groups is 1. The summed E-state index contributed by atoms with van der Waals surface area (Å²) in [6.45, 7) is 2.80. The summed E-state index contributed by atoms with van der Waals surface area (Å²) in [4.78, 5) is 13.8. The van der Waals surface area contributed by atoms with E-state index >= 15 is 0 Å². The normalized spacial score (nSPS) is 25.1. The highest BCUT2D eigenvalue weighted by atomic mass is 16.3. The molecule has 2 rings (SSSR count). The van der Waals surface area contributed by atoms with Gasteiger partial charge in [-0.3, -0.25) is 9.48 Å². The molecule has 1 aliphatic rings. The van der Waals surface area contributed by atoms with Crippen LogP contribution in [0.2, 0.25) is 0 Å².